The van der Waals surface area contributed by atoms with E-state index in [4.69, 9.17) is 26.7 Å². The van der Waals surface area contributed by atoms with Gasteiger partial charge in [0.1, 0.15) is 30.8 Å². The molecule has 0 saturated heterocycles. The number of fused-ring (bicyclic) bond motifs is 5. The van der Waals surface area contributed by atoms with E-state index in [1.165, 1.54) is 26.1 Å². The van der Waals surface area contributed by atoms with E-state index >= 15 is 0 Å². The lowest BCUT2D eigenvalue weighted by molar-refractivity contribution is -0.142. The first-order chi connectivity index (χ1) is 31.1. The van der Waals surface area contributed by atoms with Crippen LogP contribution in [-0.2, 0) is 38.2 Å². The van der Waals surface area contributed by atoms with Gasteiger partial charge in [0, 0.05) is 74.3 Å². The van der Waals surface area contributed by atoms with Crippen molar-refractivity contribution in [3.05, 3.63) is 82.4 Å². The van der Waals surface area contributed by atoms with Gasteiger partial charge in [0.25, 0.3) is 0 Å². The largest absolute Gasteiger partial charge is 0.492 e. The molecule has 0 fully saturated rings. The van der Waals surface area contributed by atoms with Crippen molar-refractivity contribution in [2.75, 3.05) is 39.9 Å². The number of aryl methyl sites for hydroxylation is 1. The predicted octanol–water partition coefficient (Wildman–Crippen LogP) is 6.81. The van der Waals surface area contributed by atoms with Gasteiger partial charge in [-0.25, -0.2) is 0 Å². The summed E-state index contributed by atoms with van der Waals surface area (Å²) in [5.74, 6) is -4.70. The Labute approximate surface area is 379 Å². The molecule has 352 valence electrons. The average Bonchev–Trinajstić information content (AvgIpc) is 3.28. The van der Waals surface area contributed by atoms with Gasteiger partial charge in [-0.2, -0.15) is 18.4 Å². The van der Waals surface area contributed by atoms with Gasteiger partial charge in [-0.1, -0.05) is 63.8 Å². The number of nitrogens with one attached hydrogen (secondary N) is 1. The van der Waals surface area contributed by atoms with Crippen LogP contribution >= 0.6 is 0 Å². The van der Waals surface area contributed by atoms with Crippen LogP contribution in [0.15, 0.2) is 54.6 Å². The fourth-order valence-electron chi connectivity index (χ4n) is 8.13. The monoisotopic (exact) mass is 904 g/mol. The molecular weight excluding hydrogens is 842 g/mol. The molecule has 13 nitrogen and oxygen atoms in total. The number of hydrogen-bond donors (Lipinski definition) is 4. The van der Waals surface area contributed by atoms with Gasteiger partial charge in [-0.05, 0) is 79.3 Å². The number of benzene rings is 3. The van der Waals surface area contributed by atoms with Crippen LogP contribution in [0.4, 0.5) is 13.2 Å². The number of nitrogens with two attached hydrogens (primary N) is 3. The highest BCUT2D eigenvalue weighted by Gasteiger charge is 2.39. The van der Waals surface area contributed by atoms with Crippen molar-refractivity contribution in [2.45, 2.75) is 109 Å². The number of rotatable bonds is 22. The number of Topliss-reactive ketones (excluding diaryl/α,β-unsaturated/α-hetero) is 3. The van der Waals surface area contributed by atoms with Crippen LogP contribution in [0, 0.1) is 23.2 Å². The van der Waals surface area contributed by atoms with E-state index in [1.54, 1.807) is 36.4 Å². The zero-order valence-corrected chi connectivity index (χ0v) is 37.6. The van der Waals surface area contributed by atoms with Crippen molar-refractivity contribution in [1.29, 1.82) is 5.26 Å². The second kappa shape index (κ2) is 25.2. The van der Waals surface area contributed by atoms with E-state index in [-0.39, 0.29) is 64.3 Å². The van der Waals surface area contributed by atoms with Crippen LogP contribution in [0.2, 0.25) is 0 Å². The molecule has 3 aromatic carbocycles. The zero-order valence-electron chi connectivity index (χ0n) is 37.6. The molecule has 0 unspecified atom stereocenters. The number of carbonyl (C=O) groups excluding carboxylic acids is 5. The van der Waals surface area contributed by atoms with Gasteiger partial charge >= 0.3 is 6.18 Å². The van der Waals surface area contributed by atoms with Gasteiger partial charge in [0.2, 0.25) is 11.8 Å². The summed E-state index contributed by atoms with van der Waals surface area (Å²) in [4.78, 5) is 71.5. The maximum atomic E-state index is 14.7. The summed E-state index contributed by atoms with van der Waals surface area (Å²) in [5, 5.41) is 12.0. The number of halogens is 3. The van der Waals surface area contributed by atoms with Crippen molar-refractivity contribution < 1.29 is 46.6 Å². The van der Waals surface area contributed by atoms with Crippen LogP contribution in [0.1, 0.15) is 117 Å². The Morgan fingerprint density at radius 3 is 2.18 bits per heavy atom. The van der Waals surface area contributed by atoms with Gasteiger partial charge in [0.05, 0.1) is 17.7 Å². The molecule has 0 saturated carbocycles. The Bertz CT molecular complexity index is 2170. The number of alkyl halides is 3. The van der Waals surface area contributed by atoms with Crippen LogP contribution in [0.3, 0.4) is 0 Å². The van der Waals surface area contributed by atoms with Crippen LogP contribution in [0.25, 0.3) is 11.1 Å². The number of ether oxygens (including phenoxy) is 2. The number of nitrogens with zero attached hydrogens (tertiary/aromatic N) is 2. The molecule has 0 spiro atoms. The molecule has 4 rings (SSSR count). The number of carbonyl (C=O) groups is 5. The summed E-state index contributed by atoms with van der Waals surface area (Å²) in [6, 6.07) is 13.3. The number of hydrogen-bond acceptors (Lipinski definition) is 11. The topological polar surface area (TPSA) is 221 Å². The van der Waals surface area contributed by atoms with Crippen molar-refractivity contribution in [1.82, 2.24) is 10.2 Å². The van der Waals surface area contributed by atoms with E-state index in [9.17, 15) is 42.4 Å². The number of nitriles is 1. The Morgan fingerprint density at radius 2 is 1.55 bits per heavy atom. The molecule has 0 aliphatic carbocycles. The highest BCUT2D eigenvalue weighted by atomic mass is 19.4. The molecule has 1 heterocycles. The molecule has 3 aromatic rings. The molecule has 16 heteroatoms. The second-order valence-electron chi connectivity index (χ2n) is 16.6. The standard InChI is InChI=1S/C49H63F3N6O7/c1-4-5-6-7-8-10-32-12-15-36(39(27-32)49(50,51)52)42(60)30-35(18-20-54)48(63)58(3)46-34-14-17-45(65-24-22-56)38(29-34)37-26-33(13-16-44(37)64-23-21-55)28-40(41(59)11-9-19-53)57-47(62)31(2)25-43(46)61/h12-17,26-27,29,31,35,40,46H,4-11,18,20-25,28,30,54-56H2,1-3H3,(H,57,62)/t31-,35-,40+,46+/m1/s1. The average molecular weight is 905 g/mol. The summed E-state index contributed by atoms with van der Waals surface area (Å²) in [6.07, 6.45) is -1.03. The highest BCUT2D eigenvalue weighted by Crippen LogP contribution is 2.41. The Hall–Kier alpha value is -5.63. The number of likely N-dealkylation sites (N-methyl/N-ethyl adjacent to an activating group) is 1. The van der Waals surface area contributed by atoms with Gasteiger partial charge in [-0.15, -0.1) is 0 Å². The molecule has 2 amide bonds. The molecular formula is C49H63F3N6O7. The SMILES string of the molecule is CCCCCCCc1ccc(C(=O)C[C@@H](CCN)C(=O)N(C)[C@@H]2C(=O)C[C@@H](C)C(=O)N[C@H](C(=O)CCC#N)Cc3ccc(OCCN)c(c3)-c3cc2ccc3OCCN)c(C(F)(F)F)c1. The summed E-state index contributed by atoms with van der Waals surface area (Å²) in [7, 11) is 1.36. The van der Waals surface area contributed by atoms with Crippen molar-refractivity contribution in [2.24, 2.45) is 29.0 Å². The van der Waals surface area contributed by atoms with Gasteiger partial charge in [-0.3, -0.25) is 24.0 Å². The maximum Gasteiger partial charge on any atom is 0.417 e. The molecule has 65 heavy (non-hydrogen) atoms. The first-order valence-corrected chi connectivity index (χ1v) is 22.4. The van der Waals surface area contributed by atoms with E-state index in [2.05, 4.69) is 12.2 Å². The van der Waals surface area contributed by atoms with E-state index in [0.717, 1.165) is 36.6 Å². The third-order valence-corrected chi connectivity index (χ3v) is 11.6. The predicted molar refractivity (Wildman–Crippen MR) is 241 cm³/mol. The first kappa shape index (κ1) is 52.0. The first-order valence-electron chi connectivity index (χ1n) is 22.4. The fraction of sp³-hybridized carbons (Fsp3) is 0.510. The fourth-order valence-corrected chi connectivity index (χ4v) is 8.13. The lowest BCUT2D eigenvalue weighted by Gasteiger charge is -2.32. The quantitative estimate of drug-likeness (QED) is 0.0606. The summed E-state index contributed by atoms with van der Waals surface area (Å²) < 4.78 is 55.7. The van der Waals surface area contributed by atoms with Gasteiger partial charge < -0.3 is 36.9 Å². The number of amides is 2. The van der Waals surface area contributed by atoms with Crippen molar-refractivity contribution in [3.63, 3.8) is 0 Å². The summed E-state index contributed by atoms with van der Waals surface area (Å²) in [6.45, 7) is 4.07. The minimum absolute atomic E-state index is 0.0500. The smallest absolute Gasteiger partial charge is 0.417 e. The molecule has 1 aliphatic rings. The Morgan fingerprint density at radius 1 is 0.892 bits per heavy atom. The molecule has 7 N–H and O–H groups in total. The minimum atomic E-state index is -4.84. The highest BCUT2D eigenvalue weighted by molar-refractivity contribution is 6.01. The molecule has 1 aliphatic heterocycles. The zero-order chi connectivity index (χ0) is 47.7. The van der Waals surface area contributed by atoms with Crippen LogP contribution < -0.4 is 32.0 Å². The molecule has 0 radical (unpaired) electrons. The number of unbranched alkanes of at least 4 members (excludes halogenated alkanes) is 4. The van der Waals surface area contributed by atoms with Crippen molar-refractivity contribution in [3.8, 4) is 28.7 Å². The number of ketones is 3. The second-order valence-corrected chi connectivity index (χ2v) is 16.6. The van der Waals surface area contributed by atoms with Gasteiger partial charge in [0.15, 0.2) is 17.3 Å². The summed E-state index contributed by atoms with van der Waals surface area (Å²) in [5.41, 5.74) is 18.2. The van der Waals surface area contributed by atoms with E-state index in [1.807, 2.05) is 6.07 Å². The van der Waals surface area contributed by atoms with Crippen LogP contribution in [-0.4, -0.2) is 80.0 Å². The normalized spacial score (nSPS) is 17.0. The molecule has 4 bridgehead atoms. The lowest BCUT2D eigenvalue weighted by Crippen LogP contribution is -2.46. The Balaban J connectivity index is 1.82. The third-order valence-electron chi connectivity index (χ3n) is 11.6. The Kier molecular flexibility index (Phi) is 20.1. The van der Waals surface area contributed by atoms with Crippen molar-refractivity contribution >= 4 is 29.2 Å². The van der Waals surface area contributed by atoms with E-state index < -0.39 is 77.4 Å². The van der Waals surface area contributed by atoms with Crippen LogP contribution in [0.5, 0.6) is 11.5 Å². The minimum Gasteiger partial charge on any atom is -0.492 e. The maximum absolute atomic E-state index is 14.7. The third kappa shape index (κ3) is 14.4. The molecule has 0 aromatic heterocycles. The summed E-state index contributed by atoms with van der Waals surface area (Å²) >= 11 is 0. The lowest BCUT2D eigenvalue weighted by atomic mass is 9.87. The van der Waals surface area contributed by atoms with E-state index in [0.29, 0.717) is 52.2 Å². The molecule has 4 atom stereocenters.